The molecular weight excluding hydrogens is 385 g/mol. The second-order valence-electron chi connectivity index (χ2n) is 5.32. The molecule has 0 unspecified atom stereocenters. The van der Waals surface area contributed by atoms with E-state index >= 15 is 0 Å². The van der Waals surface area contributed by atoms with Gasteiger partial charge in [0, 0.05) is 0 Å². The summed E-state index contributed by atoms with van der Waals surface area (Å²) in [6, 6.07) is 5.06. The van der Waals surface area contributed by atoms with Crippen LogP contribution in [-0.4, -0.2) is 35.2 Å². The van der Waals surface area contributed by atoms with Crippen LogP contribution in [0.25, 0.3) is 0 Å². The highest BCUT2D eigenvalue weighted by Gasteiger charge is 2.37. The van der Waals surface area contributed by atoms with Crippen LogP contribution in [0, 0.1) is 0 Å². The SMILES string of the molecule is O=C(CN1C(=O)c2cc(Cl)c(Cl)cc2C1=O)NC(=O)NCc1ccco1. The monoisotopic (exact) mass is 395 g/mol. The Hall–Kier alpha value is -2.84. The fraction of sp³-hybridized carbons (Fsp3) is 0.125. The Morgan fingerprint density at radius 1 is 1.08 bits per heavy atom. The van der Waals surface area contributed by atoms with Gasteiger partial charge < -0.3 is 9.73 Å². The largest absolute Gasteiger partial charge is 0.467 e. The number of halogens is 2. The summed E-state index contributed by atoms with van der Waals surface area (Å²) in [5.41, 5.74) is 0.110. The minimum absolute atomic E-state index is 0.0551. The average Bonchev–Trinajstić information content (AvgIpc) is 3.18. The van der Waals surface area contributed by atoms with Gasteiger partial charge in [0.05, 0.1) is 34.0 Å². The normalized spacial score (nSPS) is 12.9. The molecule has 0 aliphatic carbocycles. The first-order valence-corrected chi connectivity index (χ1v) is 8.07. The Kier molecular flexibility index (Phi) is 4.97. The van der Waals surface area contributed by atoms with E-state index in [-0.39, 0.29) is 27.7 Å². The van der Waals surface area contributed by atoms with Gasteiger partial charge in [-0.15, -0.1) is 0 Å². The number of urea groups is 1. The van der Waals surface area contributed by atoms with Crippen molar-refractivity contribution >= 4 is 47.0 Å². The highest BCUT2D eigenvalue weighted by atomic mass is 35.5. The molecule has 1 aromatic heterocycles. The fourth-order valence-electron chi connectivity index (χ4n) is 2.36. The van der Waals surface area contributed by atoms with Crippen LogP contribution in [0.15, 0.2) is 34.9 Å². The van der Waals surface area contributed by atoms with E-state index in [9.17, 15) is 19.2 Å². The molecule has 2 heterocycles. The van der Waals surface area contributed by atoms with E-state index in [0.29, 0.717) is 10.7 Å². The summed E-state index contributed by atoms with van der Waals surface area (Å²) >= 11 is 11.7. The van der Waals surface area contributed by atoms with Crippen molar-refractivity contribution < 1.29 is 23.6 Å². The molecule has 0 bridgehead atoms. The Balaban J connectivity index is 1.60. The lowest BCUT2D eigenvalue weighted by atomic mass is 10.1. The molecule has 2 aromatic rings. The van der Waals surface area contributed by atoms with Crippen molar-refractivity contribution in [1.29, 1.82) is 0 Å². The summed E-state index contributed by atoms with van der Waals surface area (Å²) in [5, 5.41) is 4.68. The van der Waals surface area contributed by atoms with Gasteiger partial charge in [0.1, 0.15) is 12.3 Å². The number of imide groups is 2. The van der Waals surface area contributed by atoms with Crippen LogP contribution in [0.4, 0.5) is 4.79 Å². The van der Waals surface area contributed by atoms with Crippen molar-refractivity contribution in [2.24, 2.45) is 0 Å². The lowest BCUT2D eigenvalue weighted by molar-refractivity contribution is -0.120. The summed E-state index contributed by atoms with van der Waals surface area (Å²) in [6.45, 7) is -0.536. The molecule has 0 spiro atoms. The second kappa shape index (κ2) is 7.19. The van der Waals surface area contributed by atoms with Crippen molar-refractivity contribution in [1.82, 2.24) is 15.5 Å². The Labute approximate surface area is 157 Å². The molecule has 0 saturated heterocycles. The zero-order valence-electron chi connectivity index (χ0n) is 13.0. The number of nitrogens with one attached hydrogen (secondary N) is 2. The second-order valence-corrected chi connectivity index (χ2v) is 6.13. The van der Waals surface area contributed by atoms with Crippen molar-refractivity contribution in [3.8, 4) is 0 Å². The molecule has 0 fully saturated rings. The van der Waals surface area contributed by atoms with Gasteiger partial charge in [0.25, 0.3) is 11.8 Å². The maximum Gasteiger partial charge on any atom is 0.321 e. The van der Waals surface area contributed by atoms with Gasteiger partial charge in [-0.3, -0.25) is 24.6 Å². The number of carbonyl (C=O) groups excluding carboxylic acids is 4. The molecule has 3 rings (SSSR count). The van der Waals surface area contributed by atoms with Gasteiger partial charge in [0.15, 0.2) is 0 Å². The third-order valence-electron chi connectivity index (χ3n) is 3.57. The van der Waals surface area contributed by atoms with Gasteiger partial charge in [0.2, 0.25) is 5.91 Å². The number of hydrogen-bond donors (Lipinski definition) is 2. The first-order chi connectivity index (χ1) is 12.4. The quantitative estimate of drug-likeness (QED) is 0.771. The van der Waals surface area contributed by atoms with E-state index in [1.165, 1.54) is 18.4 Å². The molecule has 0 atom stereocenters. The van der Waals surface area contributed by atoms with Crippen LogP contribution in [-0.2, 0) is 11.3 Å². The molecular formula is C16H11Cl2N3O5. The third kappa shape index (κ3) is 3.56. The Bertz CT molecular complexity index is 870. The maximum absolute atomic E-state index is 12.3. The standard InChI is InChI=1S/C16H11Cl2N3O5/c17-11-4-9-10(5-12(11)18)15(24)21(14(9)23)7-13(22)20-16(25)19-6-8-2-1-3-26-8/h1-5H,6-7H2,(H2,19,20,22,25). The molecule has 134 valence electrons. The number of hydrogen-bond acceptors (Lipinski definition) is 5. The van der Waals surface area contributed by atoms with Crippen LogP contribution in [0.1, 0.15) is 26.5 Å². The molecule has 0 radical (unpaired) electrons. The molecule has 8 nitrogen and oxygen atoms in total. The molecule has 0 saturated carbocycles. The summed E-state index contributed by atoms with van der Waals surface area (Å²) in [4.78, 5) is 48.9. The molecule has 10 heteroatoms. The number of rotatable bonds is 4. The van der Waals surface area contributed by atoms with Gasteiger partial charge in [-0.2, -0.15) is 0 Å². The third-order valence-corrected chi connectivity index (χ3v) is 4.29. The van der Waals surface area contributed by atoms with Crippen molar-refractivity contribution in [2.75, 3.05) is 6.54 Å². The fourth-order valence-corrected chi connectivity index (χ4v) is 2.69. The van der Waals surface area contributed by atoms with Crippen LogP contribution in [0.5, 0.6) is 0 Å². The van der Waals surface area contributed by atoms with Gasteiger partial charge in [-0.05, 0) is 24.3 Å². The van der Waals surface area contributed by atoms with E-state index in [1.807, 2.05) is 5.32 Å². The van der Waals surface area contributed by atoms with Crippen molar-refractivity contribution in [2.45, 2.75) is 6.54 Å². The van der Waals surface area contributed by atoms with Gasteiger partial charge in [-0.25, -0.2) is 4.79 Å². The summed E-state index contributed by atoms with van der Waals surface area (Å²) in [6.07, 6.45) is 1.45. The first-order valence-electron chi connectivity index (χ1n) is 7.32. The highest BCUT2D eigenvalue weighted by Crippen LogP contribution is 2.31. The lowest BCUT2D eigenvalue weighted by Gasteiger charge is -2.13. The number of amides is 5. The minimum Gasteiger partial charge on any atom is -0.467 e. The molecule has 26 heavy (non-hydrogen) atoms. The summed E-state index contributed by atoms with van der Waals surface area (Å²) in [7, 11) is 0. The number of furan rings is 1. The number of benzene rings is 1. The van der Waals surface area contributed by atoms with Gasteiger partial charge >= 0.3 is 6.03 Å². The van der Waals surface area contributed by atoms with E-state index in [1.54, 1.807) is 12.1 Å². The van der Waals surface area contributed by atoms with Gasteiger partial charge in [-0.1, -0.05) is 23.2 Å². The van der Waals surface area contributed by atoms with Crippen molar-refractivity contribution in [3.05, 3.63) is 57.5 Å². The maximum atomic E-state index is 12.3. The predicted octanol–water partition coefficient (Wildman–Crippen LogP) is 2.21. The number of nitrogens with zero attached hydrogens (tertiary/aromatic N) is 1. The number of carbonyl (C=O) groups is 4. The topological polar surface area (TPSA) is 109 Å². The van der Waals surface area contributed by atoms with E-state index in [0.717, 1.165) is 0 Å². The molecule has 5 amide bonds. The Morgan fingerprint density at radius 2 is 1.69 bits per heavy atom. The van der Waals surface area contributed by atoms with Crippen LogP contribution in [0.2, 0.25) is 10.0 Å². The average molecular weight is 396 g/mol. The predicted molar refractivity (Wildman–Crippen MR) is 90.9 cm³/mol. The summed E-state index contributed by atoms with van der Waals surface area (Å²) in [5.74, 6) is -1.69. The molecule has 1 aliphatic rings. The molecule has 1 aromatic carbocycles. The smallest absolute Gasteiger partial charge is 0.321 e. The molecule has 1 aliphatic heterocycles. The lowest BCUT2D eigenvalue weighted by Crippen LogP contribution is -2.45. The van der Waals surface area contributed by atoms with E-state index < -0.39 is 30.3 Å². The minimum atomic E-state index is -0.825. The van der Waals surface area contributed by atoms with Crippen LogP contribution < -0.4 is 10.6 Å². The highest BCUT2D eigenvalue weighted by molar-refractivity contribution is 6.43. The summed E-state index contributed by atoms with van der Waals surface area (Å²) < 4.78 is 5.03. The van der Waals surface area contributed by atoms with Crippen LogP contribution in [0.3, 0.4) is 0 Å². The van der Waals surface area contributed by atoms with Crippen LogP contribution >= 0.6 is 23.2 Å². The molecule has 2 N–H and O–H groups in total. The van der Waals surface area contributed by atoms with E-state index in [4.69, 9.17) is 27.6 Å². The first kappa shape index (κ1) is 18.0. The number of fused-ring (bicyclic) bond motifs is 1. The van der Waals surface area contributed by atoms with E-state index in [2.05, 4.69) is 5.32 Å². The Morgan fingerprint density at radius 3 is 2.23 bits per heavy atom. The zero-order valence-corrected chi connectivity index (χ0v) is 14.6. The van der Waals surface area contributed by atoms with Crippen molar-refractivity contribution in [3.63, 3.8) is 0 Å². The zero-order chi connectivity index (χ0) is 18.8.